The largest absolute Gasteiger partial charge is 0.297 e. The van der Waals surface area contributed by atoms with Crippen LogP contribution in [0.5, 0.6) is 0 Å². The van der Waals surface area contributed by atoms with Gasteiger partial charge in [0.15, 0.2) is 0 Å². The van der Waals surface area contributed by atoms with E-state index >= 15 is 0 Å². The maximum atomic E-state index is 9.28. The van der Waals surface area contributed by atoms with E-state index in [0.717, 1.165) is 24.9 Å². The van der Waals surface area contributed by atoms with Crippen molar-refractivity contribution in [1.82, 2.24) is 0 Å². The fraction of sp³-hybridized carbons (Fsp3) is 0.333. The summed E-state index contributed by atoms with van der Waals surface area (Å²) in [5, 5.41) is 9.28. The molecular formula is C12H12N2. The maximum absolute atomic E-state index is 9.28. The lowest BCUT2D eigenvalue weighted by molar-refractivity contribution is 0.516. The van der Waals surface area contributed by atoms with Gasteiger partial charge in [-0.1, -0.05) is 30.3 Å². The fourth-order valence-corrected chi connectivity index (χ4v) is 1.85. The van der Waals surface area contributed by atoms with Gasteiger partial charge in [-0.25, -0.2) is 0 Å². The lowest BCUT2D eigenvalue weighted by atomic mass is 9.75. The molecular weight excluding hydrogens is 172 g/mol. The van der Waals surface area contributed by atoms with Gasteiger partial charge in [0.25, 0.3) is 0 Å². The predicted octanol–water partition coefficient (Wildman–Crippen LogP) is 2.31. The smallest absolute Gasteiger partial charge is 0.0889 e. The fourth-order valence-electron chi connectivity index (χ4n) is 1.85. The van der Waals surface area contributed by atoms with Crippen molar-refractivity contribution in [2.45, 2.75) is 18.3 Å². The number of rotatable bonds is 1. The van der Waals surface area contributed by atoms with Crippen molar-refractivity contribution >= 4 is 6.21 Å². The Labute approximate surface area is 83.9 Å². The van der Waals surface area contributed by atoms with Gasteiger partial charge in [0.05, 0.1) is 11.5 Å². The van der Waals surface area contributed by atoms with Crippen LogP contribution in [0.1, 0.15) is 18.4 Å². The van der Waals surface area contributed by atoms with Crippen molar-refractivity contribution in [1.29, 1.82) is 5.26 Å². The molecule has 0 saturated heterocycles. The average Bonchev–Trinajstić information content (AvgIpc) is 2.31. The minimum absolute atomic E-state index is 0.330. The van der Waals surface area contributed by atoms with Crippen molar-refractivity contribution in [3.05, 3.63) is 35.9 Å². The molecule has 2 rings (SSSR count). The van der Waals surface area contributed by atoms with Crippen LogP contribution in [0.2, 0.25) is 0 Å². The van der Waals surface area contributed by atoms with Crippen LogP contribution >= 0.6 is 0 Å². The quantitative estimate of drug-likeness (QED) is 0.659. The van der Waals surface area contributed by atoms with Gasteiger partial charge in [-0.15, -0.1) is 0 Å². The van der Waals surface area contributed by atoms with Crippen LogP contribution < -0.4 is 0 Å². The molecule has 0 spiro atoms. The normalized spacial score (nSPS) is 25.6. The molecule has 0 amide bonds. The number of benzene rings is 1. The zero-order chi connectivity index (χ0) is 9.86. The van der Waals surface area contributed by atoms with Crippen molar-refractivity contribution in [3.8, 4) is 6.07 Å². The Balaban J connectivity index is 2.39. The van der Waals surface area contributed by atoms with Crippen molar-refractivity contribution in [3.63, 3.8) is 0 Å². The second-order valence-corrected chi connectivity index (χ2v) is 3.60. The van der Waals surface area contributed by atoms with Crippen LogP contribution in [0.4, 0.5) is 0 Å². The molecule has 0 fully saturated rings. The zero-order valence-corrected chi connectivity index (χ0v) is 7.98. The van der Waals surface area contributed by atoms with E-state index in [1.165, 1.54) is 0 Å². The lowest BCUT2D eigenvalue weighted by Crippen LogP contribution is -2.28. The molecule has 1 aliphatic heterocycles. The lowest BCUT2D eigenvalue weighted by Gasteiger charge is -2.27. The van der Waals surface area contributed by atoms with Crippen LogP contribution in [0.25, 0.3) is 0 Å². The molecule has 1 heterocycles. The molecule has 2 heteroatoms. The maximum Gasteiger partial charge on any atom is 0.0889 e. The Hall–Kier alpha value is -1.62. The number of hydrogen-bond acceptors (Lipinski definition) is 2. The highest BCUT2D eigenvalue weighted by Gasteiger charge is 2.32. The van der Waals surface area contributed by atoms with Gasteiger partial charge in [-0.2, -0.15) is 5.26 Å². The van der Waals surface area contributed by atoms with E-state index in [2.05, 4.69) is 11.1 Å². The topological polar surface area (TPSA) is 36.1 Å². The first-order chi connectivity index (χ1) is 6.87. The molecule has 1 aromatic carbocycles. The first-order valence-electron chi connectivity index (χ1n) is 4.82. The molecule has 0 bridgehead atoms. The Morgan fingerprint density at radius 3 is 2.64 bits per heavy atom. The van der Waals surface area contributed by atoms with Crippen LogP contribution in [0, 0.1) is 11.3 Å². The minimum Gasteiger partial charge on any atom is -0.297 e. The average molecular weight is 184 g/mol. The monoisotopic (exact) mass is 184 g/mol. The summed E-state index contributed by atoms with van der Waals surface area (Å²) in [6.45, 7) is 0.766. The van der Waals surface area contributed by atoms with Crippen LogP contribution in [0.15, 0.2) is 35.3 Å². The Kier molecular flexibility index (Phi) is 2.32. The third-order valence-electron chi connectivity index (χ3n) is 2.78. The molecule has 0 aliphatic carbocycles. The number of nitriles is 1. The van der Waals surface area contributed by atoms with Crippen LogP contribution in [-0.2, 0) is 5.41 Å². The highest BCUT2D eigenvalue weighted by atomic mass is 14.7. The Morgan fingerprint density at radius 2 is 2.07 bits per heavy atom. The highest BCUT2D eigenvalue weighted by molar-refractivity contribution is 5.63. The molecule has 1 aliphatic rings. The molecule has 0 radical (unpaired) electrons. The van der Waals surface area contributed by atoms with Crippen LogP contribution in [0.3, 0.4) is 0 Å². The summed E-state index contributed by atoms with van der Waals surface area (Å²) in [4.78, 5) is 4.17. The van der Waals surface area contributed by atoms with E-state index in [-0.39, 0.29) is 5.41 Å². The second kappa shape index (κ2) is 3.63. The first-order valence-corrected chi connectivity index (χ1v) is 4.82. The molecule has 1 aromatic rings. The third-order valence-corrected chi connectivity index (χ3v) is 2.78. The van der Waals surface area contributed by atoms with Gasteiger partial charge in [0.1, 0.15) is 0 Å². The summed E-state index contributed by atoms with van der Waals surface area (Å²) >= 11 is 0. The second-order valence-electron chi connectivity index (χ2n) is 3.60. The minimum atomic E-state index is -0.330. The first kappa shape index (κ1) is 8.96. The summed E-state index contributed by atoms with van der Waals surface area (Å²) < 4.78 is 0. The molecule has 14 heavy (non-hydrogen) atoms. The van der Waals surface area contributed by atoms with Gasteiger partial charge in [-0.05, 0) is 12.0 Å². The Bertz CT molecular complexity index is 375. The highest BCUT2D eigenvalue weighted by Crippen LogP contribution is 2.32. The molecule has 0 aromatic heterocycles. The number of hydrogen-bond donors (Lipinski definition) is 0. The molecule has 70 valence electrons. The summed E-state index contributed by atoms with van der Waals surface area (Å²) in [5.74, 6) is 0. The number of aliphatic imine (C=N–C) groups is 1. The van der Waals surface area contributed by atoms with Gasteiger partial charge in [-0.3, -0.25) is 4.99 Å². The molecule has 2 nitrogen and oxygen atoms in total. The van der Waals surface area contributed by atoms with E-state index < -0.39 is 0 Å². The van der Waals surface area contributed by atoms with Gasteiger partial charge >= 0.3 is 0 Å². The van der Waals surface area contributed by atoms with Crippen molar-refractivity contribution in [2.24, 2.45) is 4.99 Å². The summed E-state index contributed by atoms with van der Waals surface area (Å²) in [6.07, 6.45) is 3.46. The van der Waals surface area contributed by atoms with Gasteiger partial charge in [0.2, 0.25) is 0 Å². The molecule has 1 atom stereocenters. The third kappa shape index (κ3) is 1.42. The predicted molar refractivity (Wildman–Crippen MR) is 56.3 cm³/mol. The van der Waals surface area contributed by atoms with E-state index in [4.69, 9.17) is 0 Å². The summed E-state index contributed by atoms with van der Waals surface area (Å²) in [6, 6.07) is 12.5. The van der Waals surface area contributed by atoms with Crippen LogP contribution in [-0.4, -0.2) is 12.8 Å². The van der Waals surface area contributed by atoms with Crippen molar-refractivity contribution in [2.75, 3.05) is 6.54 Å². The van der Waals surface area contributed by atoms with E-state index in [0.29, 0.717) is 0 Å². The molecule has 0 saturated carbocycles. The Morgan fingerprint density at radius 1 is 1.29 bits per heavy atom. The molecule has 1 unspecified atom stereocenters. The van der Waals surface area contributed by atoms with E-state index in [9.17, 15) is 5.26 Å². The summed E-state index contributed by atoms with van der Waals surface area (Å²) in [7, 11) is 0. The molecule has 0 N–H and O–H groups in total. The van der Waals surface area contributed by atoms with Gasteiger partial charge < -0.3 is 0 Å². The van der Waals surface area contributed by atoms with E-state index in [1.807, 2.05) is 36.5 Å². The van der Waals surface area contributed by atoms with E-state index in [1.54, 1.807) is 0 Å². The van der Waals surface area contributed by atoms with Crippen molar-refractivity contribution < 1.29 is 0 Å². The standard InChI is InChI=1S/C12H12N2/c13-10-12(6-8-14-9-7-12)11-4-2-1-3-5-11/h1-5,8H,6-7,9H2. The summed E-state index contributed by atoms with van der Waals surface area (Å²) in [5.41, 5.74) is 0.789. The SMILES string of the molecule is N#CC1(c2ccccc2)CC=NCC1. The zero-order valence-electron chi connectivity index (χ0n) is 7.98. The number of nitrogens with zero attached hydrogens (tertiary/aromatic N) is 2. The van der Waals surface area contributed by atoms with Gasteiger partial charge in [0, 0.05) is 19.2 Å².